The molecule has 0 fully saturated rings. The van der Waals surface area contributed by atoms with Crippen LogP contribution in [0, 0.1) is 6.92 Å². The first-order chi connectivity index (χ1) is 9.74. The Labute approximate surface area is 116 Å². The van der Waals surface area contributed by atoms with Gasteiger partial charge in [-0.3, -0.25) is 0 Å². The highest BCUT2D eigenvalue weighted by molar-refractivity contribution is 5.62. The van der Waals surface area contributed by atoms with Crippen molar-refractivity contribution >= 4 is 5.69 Å². The minimum Gasteiger partial charge on any atom is -0.423 e. The topological polar surface area (TPSA) is 68.8 Å². The molecule has 2 heterocycles. The molecule has 0 aliphatic carbocycles. The number of nitrogens with one attached hydrogen (secondary N) is 1. The minimum absolute atomic E-state index is 0.534. The van der Waals surface area contributed by atoms with Gasteiger partial charge in [0, 0.05) is 24.5 Å². The highest BCUT2D eigenvalue weighted by Crippen LogP contribution is 2.23. The SMILES string of the molecule is Cc1cc(-c2nnco2)ccc1NCc1cncn1C. The maximum Gasteiger partial charge on any atom is 0.247 e. The average Bonchev–Trinajstić information content (AvgIpc) is 3.09. The van der Waals surface area contributed by atoms with Gasteiger partial charge in [-0.05, 0) is 30.7 Å². The molecule has 2 aromatic heterocycles. The summed E-state index contributed by atoms with van der Waals surface area (Å²) >= 11 is 0. The molecule has 0 bridgehead atoms. The van der Waals surface area contributed by atoms with Crippen LogP contribution in [-0.4, -0.2) is 19.7 Å². The molecule has 0 amide bonds. The van der Waals surface area contributed by atoms with Gasteiger partial charge in [-0.1, -0.05) is 0 Å². The Morgan fingerprint density at radius 1 is 1.35 bits per heavy atom. The maximum absolute atomic E-state index is 5.19. The Balaban J connectivity index is 1.76. The molecule has 3 rings (SSSR count). The largest absolute Gasteiger partial charge is 0.423 e. The van der Waals surface area contributed by atoms with Crippen molar-refractivity contribution in [1.29, 1.82) is 0 Å². The summed E-state index contributed by atoms with van der Waals surface area (Å²) in [6.07, 6.45) is 4.98. The second-order valence-corrected chi connectivity index (χ2v) is 4.62. The van der Waals surface area contributed by atoms with Crippen molar-refractivity contribution in [3.8, 4) is 11.5 Å². The van der Waals surface area contributed by atoms with Crippen molar-refractivity contribution in [2.45, 2.75) is 13.5 Å². The summed E-state index contributed by atoms with van der Waals surface area (Å²) in [7, 11) is 1.98. The van der Waals surface area contributed by atoms with Gasteiger partial charge in [0.25, 0.3) is 0 Å². The molecule has 0 radical (unpaired) electrons. The number of rotatable bonds is 4. The van der Waals surface area contributed by atoms with Crippen molar-refractivity contribution < 1.29 is 4.42 Å². The smallest absolute Gasteiger partial charge is 0.247 e. The number of imidazole rings is 1. The van der Waals surface area contributed by atoms with E-state index in [-0.39, 0.29) is 0 Å². The van der Waals surface area contributed by atoms with Crippen LogP contribution in [0.25, 0.3) is 11.5 Å². The van der Waals surface area contributed by atoms with Gasteiger partial charge in [0.15, 0.2) is 0 Å². The fraction of sp³-hybridized carbons (Fsp3) is 0.214. The van der Waals surface area contributed by atoms with E-state index in [4.69, 9.17) is 4.42 Å². The fourth-order valence-corrected chi connectivity index (χ4v) is 2.03. The molecule has 0 saturated carbocycles. The third-order valence-corrected chi connectivity index (χ3v) is 3.21. The van der Waals surface area contributed by atoms with Gasteiger partial charge >= 0.3 is 0 Å². The molecule has 0 aliphatic heterocycles. The van der Waals surface area contributed by atoms with E-state index in [0.29, 0.717) is 5.89 Å². The van der Waals surface area contributed by atoms with Crippen LogP contribution < -0.4 is 5.32 Å². The van der Waals surface area contributed by atoms with E-state index in [9.17, 15) is 0 Å². The van der Waals surface area contributed by atoms with Gasteiger partial charge in [-0.2, -0.15) is 0 Å². The van der Waals surface area contributed by atoms with Gasteiger partial charge in [0.1, 0.15) is 0 Å². The van der Waals surface area contributed by atoms with Gasteiger partial charge in [-0.25, -0.2) is 4.98 Å². The normalized spacial score (nSPS) is 10.7. The second-order valence-electron chi connectivity index (χ2n) is 4.62. The number of nitrogens with zero attached hydrogens (tertiary/aromatic N) is 4. The number of benzene rings is 1. The van der Waals surface area contributed by atoms with E-state index in [1.54, 1.807) is 6.33 Å². The summed E-state index contributed by atoms with van der Waals surface area (Å²) in [5.74, 6) is 0.534. The lowest BCUT2D eigenvalue weighted by Gasteiger charge is -2.10. The Hall–Kier alpha value is -2.63. The first-order valence-electron chi connectivity index (χ1n) is 6.30. The zero-order valence-electron chi connectivity index (χ0n) is 11.4. The fourth-order valence-electron chi connectivity index (χ4n) is 2.03. The molecule has 0 atom stereocenters. The van der Waals surface area contributed by atoms with Crippen molar-refractivity contribution in [1.82, 2.24) is 19.7 Å². The van der Waals surface area contributed by atoms with Crippen LogP contribution >= 0.6 is 0 Å². The van der Waals surface area contributed by atoms with Crippen LogP contribution in [0.5, 0.6) is 0 Å². The third kappa shape index (κ3) is 2.40. The van der Waals surface area contributed by atoms with Gasteiger partial charge < -0.3 is 14.3 Å². The molecule has 6 heteroatoms. The standard InChI is InChI=1S/C14H15N5O/c1-10-5-11(14-18-17-9-20-14)3-4-13(10)16-7-12-6-15-8-19(12)2/h3-6,8-9,16H,7H2,1-2H3. The summed E-state index contributed by atoms with van der Waals surface area (Å²) in [5.41, 5.74) is 4.26. The molecule has 102 valence electrons. The second kappa shape index (κ2) is 5.16. The molecule has 0 unspecified atom stereocenters. The lowest BCUT2D eigenvalue weighted by molar-refractivity contribution is 0.568. The van der Waals surface area contributed by atoms with Gasteiger partial charge in [-0.15, -0.1) is 10.2 Å². The number of hydrogen-bond acceptors (Lipinski definition) is 5. The van der Waals surface area contributed by atoms with E-state index in [0.717, 1.165) is 29.1 Å². The molecule has 6 nitrogen and oxygen atoms in total. The molecule has 20 heavy (non-hydrogen) atoms. The summed E-state index contributed by atoms with van der Waals surface area (Å²) in [6.45, 7) is 2.78. The summed E-state index contributed by atoms with van der Waals surface area (Å²) in [6, 6.07) is 6.01. The highest BCUT2D eigenvalue weighted by atomic mass is 16.4. The summed E-state index contributed by atoms with van der Waals surface area (Å²) < 4.78 is 7.19. The zero-order valence-corrected chi connectivity index (χ0v) is 11.4. The van der Waals surface area contributed by atoms with Crippen LogP contribution in [0.3, 0.4) is 0 Å². The Morgan fingerprint density at radius 3 is 2.90 bits per heavy atom. The Morgan fingerprint density at radius 2 is 2.25 bits per heavy atom. The number of anilines is 1. The molecular weight excluding hydrogens is 254 g/mol. The van der Waals surface area contributed by atoms with Crippen molar-refractivity contribution in [3.05, 3.63) is 48.4 Å². The lowest BCUT2D eigenvalue weighted by Crippen LogP contribution is -2.05. The van der Waals surface area contributed by atoms with Crippen LogP contribution in [0.2, 0.25) is 0 Å². The Bertz CT molecular complexity index is 702. The molecule has 3 aromatic rings. The third-order valence-electron chi connectivity index (χ3n) is 3.21. The quantitative estimate of drug-likeness (QED) is 0.787. The number of aryl methyl sites for hydroxylation is 2. The zero-order chi connectivity index (χ0) is 13.9. The maximum atomic E-state index is 5.19. The molecule has 1 N–H and O–H groups in total. The minimum atomic E-state index is 0.534. The summed E-state index contributed by atoms with van der Waals surface area (Å²) in [4.78, 5) is 4.10. The van der Waals surface area contributed by atoms with Crippen molar-refractivity contribution in [2.75, 3.05) is 5.32 Å². The van der Waals surface area contributed by atoms with Crippen LogP contribution in [0.15, 0.2) is 41.5 Å². The van der Waals surface area contributed by atoms with E-state index in [1.807, 2.05) is 42.9 Å². The Kier molecular flexibility index (Phi) is 3.20. The predicted octanol–water partition coefficient (Wildman–Crippen LogP) is 2.39. The first kappa shape index (κ1) is 12.4. The van der Waals surface area contributed by atoms with E-state index in [1.165, 1.54) is 6.39 Å². The number of hydrogen-bond donors (Lipinski definition) is 1. The van der Waals surface area contributed by atoms with Gasteiger partial charge in [0.05, 0.1) is 18.6 Å². The van der Waals surface area contributed by atoms with E-state index in [2.05, 4.69) is 20.5 Å². The van der Waals surface area contributed by atoms with Crippen LogP contribution in [-0.2, 0) is 13.6 Å². The lowest BCUT2D eigenvalue weighted by atomic mass is 10.1. The highest BCUT2D eigenvalue weighted by Gasteiger charge is 2.06. The number of aromatic nitrogens is 4. The van der Waals surface area contributed by atoms with Crippen molar-refractivity contribution in [2.24, 2.45) is 7.05 Å². The van der Waals surface area contributed by atoms with E-state index >= 15 is 0 Å². The first-order valence-corrected chi connectivity index (χ1v) is 6.30. The van der Waals surface area contributed by atoms with Crippen molar-refractivity contribution in [3.63, 3.8) is 0 Å². The van der Waals surface area contributed by atoms with Gasteiger partial charge in [0.2, 0.25) is 12.3 Å². The average molecular weight is 269 g/mol. The van der Waals surface area contributed by atoms with E-state index < -0.39 is 0 Å². The summed E-state index contributed by atoms with van der Waals surface area (Å²) in [5, 5.41) is 11.0. The molecule has 1 aromatic carbocycles. The van der Waals surface area contributed by atoms with Crippen LogP contribution in [0.1, 0.15) is 11.3 Å². The molecule has 0 saturated heterocycles. The molecular formula is C14H15N5O. The molecule has 0 spiro atoms. The molecule has 0 aliphatic rings. The predicted molar refractivity (Wildman–Crippen MR) is 75.0 cm³/mol. The van der Waals surface area contributed by atoms with Crippen LogP contribution in [0.4, 0.5) is 5.69 Å². The monoisotopic (exact) mass is 269 g/mol.